The number of rotatable bonds is 8. The molecule has 1 fully saturated rings. The van der Waals surface area contributed by atoms with E-state index >= 15 is 0 Å². The number of nitro groups is 1. The summed E-state index contributed by atoms with van der Waals surface area (Å²) in [5.74, 6) is -0.965. The van der Waals surface area contributed by atoms with Crippen molar-refractivity contribution in [3.63, 3.8) is 0 Å². The molecule has 0 saturated carbocycles. The van der Waals surface area contributed by atoms with Crippen LogP contribution in [0.15, 0.2) is 41.7 Å². The predicted octanol–water partition coefficient (Wildman–Crippen LogP) is 2.34. The van der Waals surface area contributed by atoms with E-state index in [1.165, 1.54) is 17.1 Å². The second-order valence-corrected chi connectivity index (χ2v) is 7.56. The summed E-state index contributed by atoms with van der Waals surface area (Å²) in [4.78, 5) is 51.6. The van der Waals surface area contributed by atoms with Crippen molar-refractivity contribution in [1.29, 1.82) is 0 Å². The fourth-order valence-electron chi connectivity index (χ4n) is 2.70. The first-order valence-electron chi connectivity index (χ1n) is 9.08. The molecule has 1 N–H and O–H groups in total. The number of hydrogen-bond acceptors (Lipinski definition) is 7. The van der Waals surface area contributed by atoms with E-state index < -0.39 is 4.92 Å². The number of nitrogens with one attached hydrogen (secondary N) is 1. The molecule has 156 valence electrons. The lowest BCUT2D eigenvalue weighted by molar-refractivity contribution is -0.389. The lowest BCUT2D eigenvalue weighted by Crippen LogP contribution is -2.37. The van der Waals surface area contributed by atoms with Crippen LogP contribution in [0.5, 0.6) is 0 Å². The van der Waals surface area contributed by atoms with E-state index in [0.29, 0.717) is 4.91 Å². The second kappa shape index (κ2) is 9.35. The normalized spacial score (nSPS) is 15.1. The van der Waals surface area contributed by atoms with Crippen LogP contribution in [0.3, 0.4) is 0 Å². The highest BCUT2D eigenvalue weighted by atomic mass is 32.2. The van der Waals surface area contributed by atoms with Gasteiger partial charge < -0.3 is 20.0 Å². The molecule has 0 bridgehead atoms. The fourth-order valence-corrected chi connectivity index (χ4v) is 3.56. The average molecular weight is 429 g/mol. The molecule has 2 aromatic rings. The highest BCUT2D eigenvalue weighted by Gasteiger charge is 2.34. The van der Waals surface area contributed by atoms with Crippen molar-refractivity contribution in [2.75, 3.05) is 13.1 Å². The van der Waals surface area contributed by atoms with E-state index in [1.54, 1.807) is 6.08 Å². The predicted molar refractivity (Wildman–Crippen MR) is 110 cm³/mol. The van der Waals surface area contributed by atoms with Gasteiger partial charge in [-0.15, -0.1) is 0 Å². The maximum Gasteiger partial charge on any atom is 0.381 e. The molecular weight excluding hydrogens is 410 g/mol. The van der Waals surface area contributed by atoms with Crippen molar-refractivity contribution in [2.45, 2.75) is 19.9 Å². The van der Waals surface area contributed by atoms with Crippen molar-refractivity contribution < 1.29 is 19.3 Å². The SMILES string of the molecule is Cc1ccc(/C=C2/SC(=O)N(CCNC(=O)CCn3cnc([N+](=O)[O-])c3)C2=O)cc1. The van der Waals surface area contributed by atoms with Crippen LogP contribution in [0.4, 0.5) is 10.6 Å². The topological polar surface area (TPSA) is 127 Å². The number of hydrogen-bond donors (Lipinski definition) is 1. The quantitative estimate of drug-likeness (QED) is 0.387. The molecule has 3 rings (SSSR count). The molecule has 1 aromatic heterocycles. The largest absolute Gasteiger partial charge is 0.381 e. The Balaban J connectivity index is 1.46. The van der Waals surface area contributed by atoms with Gasteiger partial charge in [0, 0.05) is 26.1 Å². The lowest BCUT2D eigenvalue weighted by Gasteiger charge is -2.13. The number of benzene rings is 1. The van der Waals surface area contributed by atoms with Crippen LogP contribution in [-0.4, -0.2) is 49.5 Å². The summed E-state index contributed by atoms with van der Waals surface area (Å²) < 4.78 is 1.45. The van der Waals surface area contributed by atoms with Crippen molar-refractivity contribution in [3.8, 4) is 0 Å². The van der Waals surface area contributed by atoms with Gasteiger partial charge in [-0.1, -0.05) is 29.8 Å². The number of amides is 3. The number of nitrogens with zero attached hydrogens (tertiary/aromatic N) is 4. The molecule has 0 aliphatic carbocycles. The fraction of sp³-hybridized carbons (Fsp3) is 0.263. The minimum Gasteiger partial charge on any atom is -0.358 e. The number of imide groups is 1. The number of aryl methyl sites for hydroxylation is 2. The molecular formula is C19H19N5O5S. The first-order valence-corrected chi connectivity index (χ1v) is 9.90. The molecule has 0 atom stereocenters. The molecule has 0 unspecified atom stereocenters. The third-order valence-corrected chi connectivity index (χ3v) is 5.22. The van der Waals surface area contributed by atoms with E-state index in [4.69, 9.17) is 0 Å². The van der Waals surface area contributed by atoms with E-state index in [9.17, 15) is 24.5 Å². The maximum absolute atomic E-state index is 12.5. The van der Waals surface area contributed by atoms with Crippen molar-refractivity contribution >= 4 is 40.7 Å². The monoisotopic (exact) mass is 429 g/mol. The van der Waals surface area contributed by atoms with Gasteiger partial charge in [0.25, 0.3) is 11.1 Å². The van der Waals surface area contributed by atoms with Gasteiger partial charge in [0.2, 0.25) is 12.2 Å². The maximum atomic E-state index is 12.5. The Hall–Kier alpha value is -3.47. The molecule has 1 saturated heterocycles. The molecule has 11 heteroatoms. The smallest absolute Gasteiger partial charge is 0.358 e. The zero-order valence-corrected chi connectivity index (χ0v) is 16.9. The Morgan fingerprint density at radius 3 is 2.67 bits per heavy atom. The van der Waals surface area contributed by atoms with Crippen LogP contribution in [0.2, 0.25) is 0 Å². The van der Waals surface area contributed by atoms with Gasteiger partial charge in [-0.2, -0.15) is 0 Å². The van der Waals surface area contributed by atoms with Gasteiger partial charge in [0.1, 0.15) is 6.20 Å². The minimum atomic E-state index is -0.611. The summed E-state index contributed by atoms with van der Waals surface area (Å²) in [5, 5.41) is 12.9. The Morgan fingerprint density at radius 1 is 1.27 bits per heavy atom. The van der Waals surface area contributed by atoms with Gasteiger partial charge >= 0.3 is 5.82 Å². The molecule has 0 spiro atoms. The highest BCUT2D eigenvalue weighted by molar-refractivity contribution is 8.18. The van der Waals surface area contributed by atoms with Crippen LogP contribution in [0, 0.1) is 17.0 Å². The Bertz CT molecular complexity index is 1010. The number of carbonyl (C=O) groups excluding carboxylic acids is 3. The van der Waals surface area contributed by atoms with Crippen LogP contribution < -0.4 is 5.32 Å². The number of aromatic nitrogens is 2. The van der Waals surface area contributed by atoms with Gasteiger partial charge in [-0.3, -0.25) is 19.3 Å². The summed E-state index contributed by atoms with van der Waals surface area (Å²) in [6.45, 7) is 2.38. The molecule has 30 heavy (non-hydrogen) atoms. The Morgan fingerprint density at radius 2 is 2.00 bits per heavy atom. The molecule has 3 amide bonds. The van der Waals surface area contributed by atoms with Crippen molar-refractivity contribution in [3.05, 3.63) is 62.9 Å². The number of thioether (sulfide) groups is 1. The van der Waals surface area contributed by atoms with E-state index in [-0.39, 0.29) is 48.9 Å². The summed E-state index contributed by atoms with van der Waals surface area (Å²) in [5.41, 5.74) is 1.93. The summed E-state index contributed by atoms with van der Waals surface area (Å²) in [6, 6.07) is 7.60. The van der Waals surface area contributed by atoms with Gasteiger partial charge in [0.15, 0.2) is 0 Å². The molecule has 1 aliphatic rings. The van der Waals surface area contributed by atoms with Crippen LogP contribution in [0.25, 0.3) is 6.08 Å². The van der Waals surface area contributed by atoms with Gasteiger partial charge in [-0.05, 0) is 40.2 Å². The second-order valence-electron chi connectivity index (χ2n) is 6.57. The molecule has 2 heterocycles. The molecule has 0 radical (unpaired) electrons. The van der Waals surface area contributed by atoms with Crippen molar-refractivity contribution in [2.24, 2.45) is 0 Å². The number of carbonyl (C=O) groups is 3. The van der Waals surface area contributed by atoms with Crippen LogP contribution in [0.1, 0.15) is 17.5 Å². The van der Waals surface area contributed by atoms with E-state index in [0.717, 1.165) is 27.8 Å². The van der Waals surface area contributed by atoms with Crippen molar-refractivity contribution in [1.82, 2.24) is 19.8 Å². The zero-order valence-electron chi connectivity index (χ0n) is 16.1. The third-order valence-electron chi connectivity index (χ3n) is 4.31. The average Bonchev–Trinajstić information content (AvgIpc) is 3.28. The summed E-state index contributed by atoms with van der Waals surface area (Å²) in [6.07, 6.45) is 4.29. The minimum absolute atomic E-state index is 0.0677. The molecule has 1 aromatic carbocycles. The van der Waals surface area contributed by atoms with E-state index in [1.807, 2.05) is 31.2 Å². The molecule has 10 nitrogen and oxygen atoms in total. The standard InChI is InChI=1S/C19H19N5O5S/c1-13-2-4-14(5-3-13)10-15-18(26)23(19(27)30-15)9-7-20-17(25)6-8-22-11-16(21-12-22)24(28)29/h2-5,10-12H,6-9H2,1H3,(H,20,25)/b15-10+. The molecule has 1 aliphatic heterocycles. The lowest BCUT2D eigenvalue weighted by atomic mass is 10.1. The van der Waals surface area contributed by atoms with Crippen LogP contribution >= 0.6 is 11.8 Å². The van der Waals surface area contributed by atoms with Crippen LogP contribution in [-0.2, 0) is 16.1 Å². The summed E-state index contributed by atoms with van der Waals surface area (Å²) >= 11 is 0.872. The third kappa shape index (κ3) is 5.32. The first-order chi connectivity index (χ1) is 14.3. The van der Waals surface area contributed by atoms with Gasteiger partial charge in [0.05, 0.1) is 4.91 Å². The van der Waals surface area contributed by atoms with Gasteiger partial charge in [-0.25, -0.2) is 0 Å². The highest BCUT2D eigenvalue weighted by Crippen LogP contribution is 2.31. The van der Waals surface area contributed by atoms with E-state index in [2.05, 4.69) is 10.3 Å². The zero-order chi connectivity index (χ0) is 21.7. The number of imidazole rings is 1. The Kier molecular flexibility index (Phi) is 6.62. The summed E-state index contributed by atoms with van der Waals surface area (Å²) in [7, 11) is 0. The Labute approximate surface area is 176 Å². The first kappa shape index (κ1) is 21.2.